The van der Waals surface area contributed by atoms with E-state index in [-0.39, 0.29) is 0 Å². The summed E-state index contributed by atoms with van der Waals surface area (Å²) in [7, 11) is 0. The van der Waals surface area contributed by atoms with Crippen molar-refractivity contribution in [1.29, 1.82) is 0 Å². The van der Waals surface area contributed by atoms with Gasteiger partial charge in [-0.05, 0) is 12.8 Å². The summed E-state index contributed by atoms with van der Waals surface area (Å²) in [6, 6.07) is 0.502. The van der Waals surface area contributed by atoms with Gasteiger partial charge in [-0.15, -0.1) is 6.58 Å². The Morgan fingerprint density at radius 1 is 1.45 bits per heavy atom. The quantitative estimate of drug-likeness (QED) is 0.599. The smallest absolute Gasteiger partial charge is 0.0252 e. The number of nitrogens with one attached hydrogen (secondary N) is 1. The maximum Gasteiger partial charge on any atom is 0.0252 e. The average molecular weight is 153 g/mol. The Morgan fingerprint density at radius 2 is 2.00 bits per heavy atom. The average Bonchev–Trinajstić information content (AvgIpc) is 1.87. The highest BCUT2D eigenvalue weighted by Crippen LogP contribution is 2.03. The largest absolute Gasteiger partial charge is 0.386 e. The summed E-state index contributed by atoms with van der Waals surface area (Å²) < 4.78 is 0. The molecule has 0 radical (unpaired) electrons. The second kappa shape index (κ2) is 5.00. The Morgan fingerprint density at radius 3 is 2.36 bits per heavy atom. The van der Waals surface area contributed by atoms with Crippen LogP contribution in [0.3, 0.4) is 0 Å². The molecular weight excluding hydrogens is 134 g/mol. The second-order valence-corrected chi connectivity index (χ2v) is 3.27. The summed E-state index contributed by atoms with van der Waals surface area (Å²) in [4.78, 5) is 0. The fourth-order valence-corrected chi connectivity index (χ4v) is 0.722. The first-order valence-corrected chi connectivity index (χ1v) is 4.13. The van der Waals surface area contributed by atoms with E-state index in [2.05, 4.69) is 39.2 Å². The third-order valence-electron chi connectivity index (χ3n) is 1.82. The van der Waals surface area contributed by atoms with Gasteiger partial charge >= 0.3 is 0 Å². The first kappa shape index (κ1) is 10.3. The van der Waals surface area contributed by atoms with Crippen molar-refractivity contribution in [3.63, 3.8) is 0 Å². The summed E-state index contributed by atoms with van der Waals surface area (Å²) in [5, 5.41) is 3.31. The molecule has 0 heterocycles. The van der Waals surface area contributed by atoms with Gasteiger partial charge in [0.25, 0.3) is 0 Å². The predicted octanol–water partition coefficient (Wildman–Crippen LogP) is 2.71. The number of hydrogen-bond acceptors (Lipinski definition) is 1. The Bertz CT molecular complexity index is 136. The summed E-state index contributed by atoms with van der Waals surface area (Å²) in [5.41, 5.74) is 1.06. The van der Waals surface area contributed by atoms with Crippen molar-refractivity contribution in [2.45, 2.75) is 33.2 Å². The van der Waals surface area contributed by atoms with E-state index in [1.165, 1.54) is 0 Å². The lowest BCUT2D eigenvalue weighted by atomic mass is 10.1. The Kier molecular flexibility index (Phi) is 4.67. The first-order chi connectivity index (χ1) is 5.07. The van der Waals surface area contributed by atoms with Gasteiger partial charge in [0.15, 0.2) is 0 Å². The van der Waals surface area contributed by atoms with Crippen LogP contribution in [0.5, 0.6) is 0 Å². The van der Waals surface area contributed by atoms with Gasteiger partial charge in [-0.25, -0.2) is 0 Å². The molecule has 0 saturated carbocycles. The minimum Gasteiger partial charge on any atom is -0.386 e. The Balaban J connectivity index is 3.65. The van der Waals surface area contributed by atoms with Crippen molar-refractivity contribution >= 4 is 0 Å². The lowest BCUT2D eigenvalue weighted by molar-refractivity contribution is 0.459. The second-order valence-electron chi connectivity index (χ2n) is 3.27. The summed E-state index contributed by atoms with van der Waals surface area (Å²) >= 11 is 0. The van der Waals surface area contributed by atoms with Crippen LogP contribution >= 0.6 is 0 Å². The zero-order valence-electron chi connectivity index (χ0n) is 7.85. The molecule has 11 heavy (non-hydrogen) atoms. The van der Waals surface area contributed by atoms with Crippen LogP contribution in [0.15, 0.2) is 24.9 Å². The third kappa shape index (κ3) is 4.65. The molecule has 1 atom stereocenters. The molecule has 1 nitrogen and oxygen atoms in total. The Labute approximate surface area is 70.2 Å². The highest BCUT2D eigenvalue weighted by molar-refractivity contribution is 4.98. The maximum atomic E-state index is 3.88. The van der Waals surface area contributed by atoms with Gasteiger partial charge in [-0.2, -0.15) is 0 Å². The first-order valence-electron chi connectivity index (χ1n) is 4.13. The predicted molar refractivity (Wildman–Crippen MR) is 51.4 cm³/mol. The van der Waals surface area contributed by atoms with Crippen LogP contribution in [0, 0.1) is 5.92 Å². The van der Waals surface area contributed by atoms with Crippen molar-refractivity contribution in [2.24, 2.45) is 5.92 Å². The third-order valence-corrected chi connectivity index (χ3v) is 1.82. The van der Waals surface area contributed by atoms with Crippen LogP contribution in [0.25, 0.3) is 0 Å². The molecular formula is C10H19N. The van der Waals surface area contributed by atoms with E-state index in [1.807, 2.05) is 6.08 Å². The number of allylic oxidation sites excluding steroid dienone is 1. The minimum atomic E-state index is 0.502. The van der Waals surface area contributed by atoms with Gasteiger partial charge in [-0.3, -0.25) is 0 Å². The molecule has 1 heteroatoms. The van der Waals surface area contributed by atoms with Crippen LogP contribution in [0.2, 0.25) is 0 Å². The van der Waals surface area contributed by atoms with Gasteiger partial charge < -0.3 is 5.32 Å². The molecule has 0 aromatic heterocycles. The molecule has 0 unspecified atom stereocenters. The highest BCUT2D eigenvalue weighted by atomic mass is 14.9. The zero-order chi connectivity index (χ0) is 8.85. The molecule has 1 N–H and O–H groups in total. The molecule has 0 bridgehead atoms. The lowest BCUT2D eigenvalue weighted by Gasteiger charge is -2.19. The SMILES string of the molecule is C=CCC(=C)N[C@H](C)C(C)C. The molecule has 64 valence electrons. The molecule has 0 rings (SSSR count). The summed E-state index contributed by atoms with van der Waals surface area (Å²) in [6.07, 6.45) is 2.72. The molecule has 0 aliphatic rings. The molecule has 0 spiro atoms. The van der Waals surface area contributed by atoms with Gasteiger partial charge in [0.1, 0.15) is 0 Å². The fourth-order valence-electron chi connectivity index (χ4n) is 0.722. The molecule has 0 aromatic carbocycles. The lowest BCUT2D eigenvalue weighted by Crippen LogP contribution is -2.29. The van der Waals surface area contributed by atoms with Crippen molar-refractivity contribution in [3.05, 3.63) is 24.9 Å². The van der Waals surface area contributed by atoms with Crippen molar-refractivity contribution < 1.29 is 0 Å². The van der Waals surface area contributed by atoms with Crippen LogP contribution in [-0.2, 0) is 0 Å². The van der Waals surface area contributed by atoms with E-state index < -0.39 is 0 Å². The summed E-state index contributed by atoms with van der Waals surface area (Å²) in [5.74, 6) is 0.650. The van der Waals surface area contributed by atoms with Gasteiger partial charge in [-0.1, -0.05) is 26.5 Å². The highest BCUT2D eigenvalue weighted by Gasteiger charge is 2.05. The fraction of sp³-hybridized carbons (Fsp3) is 0.600. The Hall–Kier alpha value is -0.720. The van der Waals surface area contributed by atoms with E-state index in [1.54, 1.807) is 0 Å². The number of hydrogen-bond donors (Lipinski definition) is 1. The van der Waals surface area contributed by atoms with Crippen LogP contribution < -0.4 is 5.32 Å². The van der Waals surface area contributed by atoms with Gasteiger partial charge in [0.05, 0.1) is 0 Å². The van der Waals surface area contributed by atoms with Gasteiger partial charge in [0.2, 0.25) is 0 Å². The topological polar surface area (TPSA) is 12.0 Å². The molecule has 0 aliphatic heterocycles. The van der Waals surface area contributed by atoms with E-state index in [0.29, 0.717) is 12.0 Å². The van der Waals surface area contributed by atoms with E-state index in [9.17, 15) is 0 Å². The maximum absolute atomic E-state index is 3.88. The van der Waals surface area contributed by atoms with Gasteiger partial charge in [0, 0.05) is 18.2 Å². The number of rotatable bonds is 5. The minimum absolute atomic E-state index is 0.502. The van der Waals surface area contributed by atoms with Crippen LogP contribution in [-0.4, -0.2) is 6.04 Å². The zero-order valence-corrected chi connectivity index (χ0v) is 7.85. The van der Waals surface area contributed by atoms with E-state index >= 15 is 0 Å². The molecule has 0 amide bonds. The molecule has 0 aromatic rings. The van der Waals surface area contributed by atoms with Crippen molar-refractivity contribution in [2.75, 3.05) is 0 Å². The van der Waals surface area contributed by atoms with Crippen LogP contribution in [0.1, 0.15) is 27.2 Å². The van der Waals surface area contributed by atoms with Crippen molar-refractivity contribution in [3.8, 4) is 0 Å². The van der Waals surface area contributed by atoms with Crippen molar-refractivity contribution in [1.82, 2.24) is 5.32 Å². The summed E-state index contributed by atoms with van der Waals surface area (Å²) in [6.45, 7) is 14.1. The van der Waals surface area contributed by atoms with Crippen LogP contribution in [0.4, 0.5) is 0 Å². The normalized spacial score (nSPS) is 12.7. The molecule has 0 saturated heterocycles. The van der Waals surface area contributed by atoms with E-state index in [4.69, 9.17) is 0 Å². The molecule has 0 aliphatic carbocycles. The van der Waals surface area contributed by atoms with E-state index in [0.717, 1.165) is 12.1 Å². The standard InChI is InChI=1S/C10H19N/c1-6-7-9(4)11-10(5)8(2)3/h6,8,10-11H,1,4,7H2,2-3,5H3/t10-/m1/s1. The molecule has 0 fully saturated rings. The monoisotopic (exact) mass is 153 g/mol.